The molecule has 680 valence electrons. The van der Waals surface area contributed by atoms with Crippen molar-refractivity contribution in [2.24, 2.45) is 29.4 Å². The predicted octanol–water partition coefficient (Wildman–Crippen LogP) is 17.5. The SMILES string of the molecule is NC(=O)[C@H]1CCc2sc3ncnc(OC4CCC(N5CCC(F)(F)CC5)CC4)c3c2C1.O=C(Cl)[C@H]1CCc2sc3ncnc(OC4CCC(N5CCC(F)(F)CC5)CC4)c3c2C1.O=C(O)[C@H]1CCc2sc3ncnc(Cl)c3c2C1.O=C(O)[C@H]1CCc2sc3ncnc(OC4CCC(N5CCC(F)(F)CC5)CC4)c3c2C1.OC1CCC(N2CCC(F)(F)CC2)CC1. The number of hydrogen-bond donors (Lipinski definition) is 4. The maximum absolute atomic E-state index is 13.5. The van der Waals surface area contributed by atoms with Crippen LogP contribution in [0.5, 0.6) is 17.6 Å². The standard InChI is InChI=1S/C22H26ClF2N3O2S.C22H28F2N4O2S.C22H27F2N3O3S.C11H9ClN2O2S.C11H19F2NO/c23-19(29)13-1-6-17-16(11-13)18-20(26-12-27-21(18)31-17)30-15-4-2-14(3-5-15)28-9-7-22(24,25)8-10-28;23-22(24)7-9-28(10-8-22)14-2-4-15(5-3-14)30-20-18-16-11-13(19(25)29)1-6-17(16)31-21(18)27-12-26-20;23-22(24)7-9-27(10-8-22)14-2-4-15(5-3-14)30-19-18-16-11-13(21(28)29)1-6-17(16)31-20(18)26-12-25-19;12-9-8-6-3-5(11(15)16)1-2-7(6)17-10(8)14-4-13-9;12-11(13)5-7-14(8-6-11)9-1-3-10(15)4-2-9/h12-15H,1-11H2;12-15H,1-11H2,(H2,25,29);12-15H,1-11H2,(H,28,29);4-5H,1-3H2,(H,15,16);9-10,15H,1-8H2/t3*13-,14?,15?;5-;/m0000./s1. The molecule has 8 aliphatic carbocycles. The maximum atomic E-state index is 13.5. The molecule has 12 heterocycles. The molecule has 4 saturated heterocycles. The van der Waals surface area contributed by atoms with Gasteiger partial charge in [-0.05, 0) is 214 Å². The van der Waals surface area contributed by atoms with Crippen molar-refractivity contribution >= 4 is 133 Å². The van der Waals surface area contributed by atoms with E-state index in [9.17, 15) is 64.5 Å². The number of ether oxygens (including phenoxy) is 3. The summed E-state index contributed by atoms with van der Waals surface area (Å²) in [4.78, 5) is 98.1. The number of fused-ring (bicyclic) bond motifs is 12. The minimum absolute atomic E-state index is 0.00601. The molecule has 0 bridgehead atoms. The van der Waals surface area contributed by atoms with E-state index in [0.29, 0.717) is 138 Å². The molecule has 0 spiro atoms. The Morgan fingerprint density at radius 2 is 0.624 bits per heavy atom. The van der Waals surface area contributed by atoms with Gasteiger partial charge in [-0.15, -0.1) is 45.3 Å². The first kappa shape index (κ1) is 91.8. The van der Waals surface area contributed by atoms with Gasteiger partial charge in [-0.1, -0.05) is 11.6 Å². The lowest BCUT2D eigenvalue weighted by molar-refractivity contribution is -0.143. The summed E-state index contributed by atoms with van der Waals surface area (Å²) in [5, 5.41) is 31.7. The number of thiophene rings is 4. The van der Waals surface area contributed by atoms with E-state index in [2.05, 4.69) is 59.5 Å². The molecule has 4 atom stereocenters. The number of hydrogen-bond acceptors (Lipinski definition) is 24. The van der Waals surface area contributed by atoms with Gasteiger partial charge >= 0.3 is 11.9 Å². The number of primary amides is 1. The number of alkyl halides is 8. The second-order valence-corrected chi connectivity index (χ2v) is 41.3. The number of nitrogens with zero attached hydrogens (tertiary/aromatic N) is 12. The number of carbonyl (C=O) groups is 4. The molecule has 5 N–H and O–H groups in total. The van der Waals surface area contributed by atoms with Crippen molar-refractivity contribution in [2.75, 3.05) is 52.4 Å². The molecule has 8 fully saturated rings. The maximum Gasteiger partial charge on any atom is 0.306 e. The van der Waals surface area contributed by atoms with E-state index in [1.54, 1.807) is 58.0 Å². The second kappa shape index (κ2) is 39.6. The predicted molar refractivity (Wildman–Crippen MR) is 463 cm³/mol. The zero-order valence-corrected chi connectivity index (χ0v) is 74.7. The molecular weight excluding hydrogens is 1750 g/mol. The molecule has 1 amide bonds. The topological polar surface area (TPSA) is 299 Å². The third-order valence-electron chi connectivity index (χ3n) is 28.3. The minimum atomic E-state index is -2.51. The molecule has 12 aliphatic rings. The minimum Gasteiger partial charge on any atom is -0.481 e. The molecule has 8 aromatic heterocycles. The number of rotatable bonds is 14. The lowest BCUT2D eigenvalue weighted by Gasteiger charge is -2.40. The molecular formula is C88H109Cl2F8N13O10S4. The second-order valence-electron chi connectivity index (χ2n) is 36.3. The summed E-state index contributed by atoms with van der Waals surface area (Å²) in [6.45, 7) is 3.93. The lowest BCUT2D eigenvalue weighted by Crippen LogP contribution is -2.47. The number of carboxylic acids is 2. The summed E-state index contributed by atoms with van der Waals surface area (Å²) >= 11 is 18.4. The fourth-order valence-corrected chi connectivity index (χ4v) is 26.0. The van der Waals surface area contributed by atoms with Crippen LogP contribution in [-0.2, 0) is 70.5 Å². The van der Waals surface area contributed by atoms with Gasteiger partial charge in [-0.25, -0.2) is 75.0 Å². The summed E-state index contributed by atoms with van der Waals surface area (Å²) in [6.07, 6.45) is 28.9. The van der Waals surface area contributed by atoms with Gasteiger partial charge < -0.3 is 35.3 Å². The highest BCUT2D eigenvalue weighted by Gasteiger charge is 2.44. The van der Waals surface area contributed by atoms with E-state index in [1.807, 2.05) is 0 Å². The molecule has 37 heteroatoms. The number of aliphatic hydroxyl groups is 1. The summed E-state index contributed by atoms with van der Waals surface area (Å²) in [5.74, 6) is -10.9. The Hall–Kier alpha value is -6.54. The largest absolute Gasteiger partial charge is 0.481 e. The van der Waals surface area contributed by atoms with Crippen molar-refractivity contribution in [1.29, 1.82) is 0 Å². The molecule has 0 aromatic carbocycles. The molecule has 0 radical (unpaired) electrons. The van der Waals surface area contributed by atoms with Crippen LogP contribution in [0.1, 0.15) is 222 Å². The van der Waals surface area contributed by atoms with Crippen LogP contribution in [0.15, 0.2) is 25.3 Å². The highest BCUT2D eigenvalue weighted by Crippen LogP contribution is 2.48. The summed E-state index contributed by atoms with van der Waals surface area (Å²) in [5.41, 5.74) is 9.88. The van der Waals surface area contributed by atoms with Crippen molar-refractivity contribution in [3.63, 3.8) is 0 Å². The van der Waals surface area contributed by atoms with Crippen LogP contribution in [0.4, 0.5) is 35.1 Å². The smallest absolute Gasteiger partial charge is 0.306 e. The van der Waals surface area contributed by atoms with Gasteiger partial charge in [0.1, 0.15) is 68.1 Å². The van der Waals surface area contributed by atoms with Crippen LogP contribution in [0, 0.1) is 23.7 Å². The third-order valence-corrected chi connectivity index (χ3v) is 33.6. The van der Waals surface area contributed by atoms with Gasteiger partial charge in [0.25, 0.3) is 23.7 Å². The van der Waals surface area contributed by atoms with Crippen molar-refractivity contribution in [2.45, 2.75) is 303 Å². The van der Waals surface area contributed by atoms with Crippen LogP contribution in [0.25, 0.3) is 40.9 Å². The van der Waals surface area contributed by atoms with E-state index in [-0.39, 0.29) is 111 Å². The number of amides is 1. The number of likely N-dealkylation sites (tertiary alicyclic amines) is 4. The van der Waals surface area contributed by atoms with Gasteiger partial charge in [0.15, 0.2) is 0 Å². The van der Waals surface area contributed by atoms with Crippen molar-refractivity contribution in [3.05, 3.63) is 72.2 Å². The molecule has 0 unspecified atom stereocenters. The molecule has 4 aliphatic heterocycles. The Kier molecular flexibility index (Phi) is 29.1. The monoisotopic (exact) mass is 1860 g/mol. The Morgan fingerprint density at radius 3 is 0.920 bits per heavy atom. The highest BCUT2D eigenvalue weighted by molar-refractivity contribution is 7.20. The van der Waals surface area contributed by atoms with E-state index in [0.717, 1.165) is 204 Å². The number of aryl methyl sites for hydroxylation is 4. The van der Waals surface area contributed by atoms with Gasteiger partial charge in [-0.3, -0.25) is 38.8 Å². The molecule has 8 aromatic rings. The van der Waals surface area contributed by atoms with Crippen LogP contribution in [0.3, 0.4) is 0 Å². The Labute approximate surface area is 746 Å². The van der Waals surface area contributed by atoms with Gasteiger partial charge in [0.05, 0.1) is 39.5 Å². The zero-order valence-electron chi connectivity index (χ0n) is 69.9. The first-order valence-electron chi connectivity index (χ1n) is 44.7. The number of aliphatic hydroxyl groups excluding tert-OH is 1. The summed E-state index contributed by atoms with van der Waals surface area (Å²) < 4.78 is 126. The number of carbonyl (C=O) groups excluding carboxylic acids is 2. The molecule has 23 nitrogen and oxygen atoms in total. The quantitative estimate of drug-likeness (QED) is 0.0447. The molecule has 125 heavy (non-hydrogen) atoms. The van der Waals surface area contributed by atoms with E-state index in [4.69, 9.17) is 48.3 Å². The zero-order chi connectivity index (χ0) is 87.6. The van der Waals surface area contributed by atoms with E-state index >= 15 is 0 Å². The first-order valence-corrected chi connectivity index (χ1v) is 48.7. The number of carboxylic acid groups (broad SMARTS) is 2. The average molecular weight is 1860 g/mol. The average Bonchev–Trinajstić information content (AvgIpc) is 1.55. The van der Waals surface area contributed by atoms with Gasteiger partial charge in [-0.2, -0.15) is 0 Å². The van der Waals surface area contributed by atoms with Crippen LogP contribution in [-0.4, -0.2) is 223 Å². The van der Waals surface area contributed by atoms with E-state index in [1.165, 1.54) is 32.2 Å². The van der Waals surface area contributed by atoms with Crippen molar-refractivity contribution in [1.82, 2.24) is 59.5 Å². The third kappa shape index (κ3) is 22.2. The fourth-order valence-electron chi connectivity index (χ4n) is 20.8. The molecule has 20 rings (SSSR count). The Bertz CT molecular complexity index is 4730. The van der Waals surface area contributed by atoms with E-state index < -0.39 is 35.6 Å². The highest BCUT2D eigenvalue weighted by atomic mass is 35.5. The Morgan fingerprint density at radius 1 is 0.368 bits per heavy atom. The Balaban J connectivity index is 0.000000118. The van der Waals surface area contributed by atoms with Crippen molar-refractivity contribution in [3.8, 4) is 17.6 Å². The number of nitrogens with two attached hydrogens (primary N) is 1. The molecule has 4 saturated carbocycles. The first-order chi connectivity index (χ1) is 59.9. The lowest BCUT2D eigenvalue weighted by atomic mass is 9.87. The fraction of sp³-hybridized carbons (Fsp3) is 0.682. The van der Waals surface area contributed by atoms with Crippen LogP contribution < -0.4 is 19.9 Å². The van der Waals surface area contributed by atoms with Crippen molar-refractivity contribution < 1.29 is 83.8 Å². The normalized spacial score (nSPS) is 28.7. The number of halogens is 10. The van der Waals surface area contributed by atoms with Gasteiger partial charge in [0, 0.05) is 159 Å². The summed E-state index contributed by atoms with van der Waals surface area (Å²) in [6, 6.07) is 1.52. The number of aromatic nitrogens is 8. The van der Waals surface area contributed by atoms with Crippen LogP contribution >= 0.6 is 68.5 Å². The summed E-state index contributed by atoms with van der Waals surface area (Å²) in [7, 11) is 0. The van der Waals surface area contributed by atoms with Crippen LogP contribution in [0.2, 0.25) is 5.15 Å². The number of aliphatic carboxylic acids is 2. The van der Waals surface area contributed by atoms with Gasteiger partial charge in [0.2, 0.25) is 28.8 Å². The number of piperidine rings is 4.